The zero-order chi connectivity index (χ0) is 32.9. The molecule has 45 heavy (non-hydrogen) atoms. The maximum atomic E-state index is 12.0. The van der Waals surface area contributed by atoms with Crippen molar-refractivity contribution in [2.45, 2.75) is 58.7 Å². The van der Waals surface area contributed by atoms with Crippen LogP contribution < -0.4 is 10.1 Å². The van der Waals surface area contributed by atoms with E-state index in [1.807, 2.05) is 6.07 Å². The van der Waals surface area contributed by atoms with Gasteiger partial charge in [-0.2, -0.15) is 0 Å². The van der Waals surface area contributed by atoms with Crippen LogP contribution in [0.3, 0.4) is 0 Å². The number of rotatable bonds is 6. The first-order valence-electron chi connectivity index (χ1n) is 13.8. The standard InChI is InChI=1S/C12H15BrN2O3.C12H21NO5.C5H4BrNO.CH4/c1-17-12(16)11-2-8(4-15-11)7-18-10-3-9(13)5-14-6-10;1-12(2,3)18-11(16)13-6-8(7-14)5-9(13)10(15)17-4;6-4-1-5(8)3-7-2-4;/h3,5-6,8,11,15H,2,4,7H2,1H3;8-9,14H,5-7H2,1-4H3;1-3,8H;1H4/t8-,11+;8-,9+;;/m11../s1. The lowest BCUT2D eigenvalue weighted by Gasteiger charge is -2.27. The lowest BCUT2D eigenvalue weighted by Crippen LogP contribution is -2.43. The van der Waals surface area contributed by atoms with Crippen LogP contribution in [0.5, 0.6) is 11.5 Å². The van der Waals surface area contributed by atoms with Crippen molar-refractivity contribution in [1.82, 2.24) is 20.2 Å². The van der Waals surface area contributed by atoms with Gasteiger partial charge in [-0.15, -0.1) is 0 Å². The molecular formula is C30H44Br2N4O9. The Hall–Kier alpha value is -3.01. The predicted molar refractivity (Wildman–Crippen MR) is 174 cm³/mol. The van der Waals surface area contributed by atoms with E-state index in [1.165, 1.54) is 25.3 Å². The van der Waals surface area contributed by atoms with Gasteiger partial charge in [0.1, 0.15) is 29.2 Å². The van der Waals surface area contributed by atoms with E-state index < -0.39 is 23.7 Å². The molecule has 13 nitrogen and oxygen atoms in total. The van der Waals surface area contributed by atoms with Gasteiger partial charge in [0.05, 0.1) is 33.2 Å². The van der Waals surface area contributed by atoms with Crippen LogP contribution >= 0.6 is 31.9 Å². The molecule has 0 spiro atoms. The van der Waals surface area contributed by atoms with Crippen molar-refractivity contribution < 1.29 is 43.5 Å². The van der Waals surface area contributed by atoms with Gasteiger partial charge in [-0.1, -0.05) is 7.43 Å². The van der Waals surface area contributed by atoms with Gasteiger partial charge in [-0.25, -0.2) is 9.59 Å². The summed E-state index contributed by atoms with van der Waals surface area (Å²) in [5.74, 6) is 0.429. The average Bonchev–Trinajstić information content (AvgIpc) is 3.63. The number of hydrogen-bond acceptors (Lipinski definition) is 12. The molecule has 0 radical (unpaired) electrons. The van der Waals surface area contributed by atoms with Gasteiger partial charge in [0.25, 0.3) is 0 Å². The molecule has 2 aromatic heterocycles. The van der Waals surface area contributed by atoms with Gasteiger partial charge in [-0.3, -0.25) is 19.7 Å². The molecule has 4 heterocycles. The molecule has 0 aromatic carbocycles. The van der Waals surface area contributed by atoms with E-state index in [2.05, 4.69) is 51.9 Å². The number of amides is 1. The van der Waals surface area contributed by atoms with E-state index >= 15 is 0 Å². The van der Waals surface area contributed by atoms with Crippen molar-refractivity contribution in [1.29, 1.82) is 0 Å². The van der Waals surface area contributed by atoms with Gasteiger partial charge >= 0.3 is 18.0 Å². The fourth-order valence-corrected chi connectivity index (χ4v) is 4.98. The summed E-state index contributed by atoms with van der Waals surface area (Å²) in [5.41, 5.74) is -0.616. The maximum absolute atomic E-state index is 12.0. The monoisotopic (exact) mass is 762 g/mol. The Morgan fingerprint density at radius 3 is 2.11 bits per heavy atom. The maximum Gasteiger partial charge on any atom is 0.411 e. The molecule has 3 N–H and O–H groups in total. The number of carbonyl (C=O) groups is 3. The van der Waals surface area contributed by atoms with E-state index in [4.69, 9.17) is 24.4 Å². The third-order valence-electron chi connectivity index (χ3n) is 6.31. The summed E-state index contributed by atoms with van der Waals surface area (Å²) in [4.78, 5) is 43.9. The molecule has 0 bridgehead atoms. The molecule has 2 saturated heterocycles. The minimum absolute atomic E-state index is 0. The molecule has 0 saturated carbocycles. The molecule has 2 aromatic rings. The number of likely N-dealkylation sites (tertiary alicyclic amines) is 1. The third kappa shape index (κ3) is 14.3. The zero-order valence-corrected chi connectivity index (χ0v) is 28.5. The Morgan fingerprint density at radius 2 is 1.60 bits per heavy atom. The number of nitrogens with one attached hydrogen (secondary N) is 1. The van der Waals surface area contributed by atoms with Gasteiger partial charge in [-0.05, 0) is 77.6 Å². The Labute approximate surface area is 281 Å². The topological polar surface area (TPSA) is 170 Å². The van der Waals surface area contributed by atoms with Crippen LogP contribution in [0.2, 0.25) is 0 Å². The highest BCUT2D eigenvalue weighted by Gasteiger charge is 2.41. The van der Waals surface area contributed by atoms with E-state index in [0.29, 0.717) is 25.5 Å². The minimum atomic E-state index is -0.665. The summed E-state index contributed by atoms with van der Waals surface area (Å²) in [6, 6.07) is 2.58. The number of nitrogens with zero attached hydrogens (tertiary/aromatic N) is 3. The number of aromatic hydroxyl groups is 1. The Balaban J connectivity index is 0.000000357. The Morgan fingerprint density at radius 1 is 0.978 bits per heavy atom. The van der Waals surface area contributed by atoms with Crippen molar-refractivity contribution in [3.05, 3.63) is 45.9 Å². The second kappa shape index (κ2) is 19.5. The number of aliphatic hydroxyl groups excluding tert-OH is 1. The molecule has 0 aliphatic carbocycles. The fourth-order valence-electron chi connectivity index (χ4n) is 4.28. The number of ether oxygens (including phenoxy) is 4. The largest absolute Gasteiger partial charge is 0.506 e. The summed E-state index contributed by atoms with van der Waals surface area (Å²) in [5, 5.41) is 21.0. The number of methoxy groups -OCH3 is 2. The normalized spacial score (nSPS) is 20.3. The van der Waals surface area contributed by atoms with E-state index in [-0.39, 0.29) is 37.7 Å². The highest BCUT2D eigenvalue weighted by Crippen LogP contribution is 2.26. The summed E-state index contributed by atoms with van der Waals surface area (Å²) in [6.45, 7) is 6.87. The van der Waals surface area contributed by atoms with Crippen molar-refractivity contribution in [3.63, 3.8) is 0 Å². The molecule has 2 aliphatic heterocycles. The molecule has 252 valence electrons. The molecule has 2 aliphatic rings. The van der Waals surface area contributed by atoms with Crippen molar-refractivity contribution in [2.75, 3.05) is 40.5 Å². The predicted octanol–water partition coefficient (Wildman–Crippen LogP) is 4.34. The highest BCUT2D eigenvalue weighted by atomic mass is 79.9. The quantitative estimate of drug-likeness (QED) is 0.282. The Bertz CT molecular complexity index is 1210. The van der Waals surface area contributed by atoms with Crippen LogP contribution in [0.1, 0.15) is 41.0 Å². The highest BCUT2D eigenvalue weighted by molar-refractivity contribution is 9.10. The smallest absolute Gasteiger partial charge is 0.411 e. The summed E-state index contributed by atoms with van der Waals surface area (Å²) >= 11 is 6.48. The first-order chi connectivity index (χ1) is 20.8. The number of carbonyl (C=O) groups excluding carboxylic acids is 3. The van der Waals surface area contributed by atoms with Crippen LogP contribution in [0.4, 0.5) is 4.79 Å². The second-order valence-electron chi connectivity index (χ2n) is 11.1. The Kier molecular flexibility index (Phi) is 17.3. The second-order valence-corrected chi connectivity index (χ2v) is 12.9. The van der Waals surface area contributed by atoms with Crippen molar-refractivity contribution in [3.8, 4) is 11.5 Å². The van der Waals surface area contributed by atoms with E-state index in [0.717, 1.165) is 27.7 Å². The van der Waals surface area contributed by atoms with Crippen LogP contribution in [0.25, 0.3) is 0 Å². The number of pyridine rings is 2. The summed E-state index contributed by atoms with van der Waals surface area (Å²) in [6.07, 6.45) is 6.97. The van der Waals surface area contributed by atoms with Crippen molar-refractivity contribution >= 4 is 49.9 Å². The number of aliphatic hydroxyl groups is 1. The van der Waals surface area contributed by atoms with E-state index in [1.54, 1.807) is 45.4 Å². The average molecular weight is 765 g/mol. The van der Waals surface area contributed by atoms with Crippen molar-refractivity contribution in [2.24, 2.45) is 11.8 Å². The lowest BCUT2D eigenvalue weighted by atomic mass is 10.1. The minimum Gasteiger partial charge on any atom is -0.506 e. The molecule has 0 unspecified atom stereocenters. The number of aromatic nitrogens is 2. The lowest BCUT2D eigenvalue weighted by molar-refractivity contribution is -0.145. The van der Waals surface area contributed by atoms with Gasteiger partial charge < -0.3 is 34.5 Å². The number of esters is 2. The molecule has 2 fully saturated rings. The first-order valence-corrected chi connectivity index (χ1v) is 15.4. The van der Waals surface area contributed by atoms with Gasteiger partial charge in [0, 0.05) is 52.9 Å². The zero-order valence-electron chi connectivity index (χ0n) is 25.4. The van der Waals surface area contributed by atoms with Crippen LogP contribution in [-0.2, 0) is 23.8 Å². The SMILES string of the molecule is C.COC(=O)[C@@H]1C[C@@H](CO)CN1C(=O)OC(C)(C)C.COC(=O)[C@@H]1C[C@@H](COc2cncc(Br)c2)CN1.Oc1cncc(Br)c1. The molecular weight excluding hydrogens is 720 g/mol. The van der Waals surface area contributed by atoms with Crippen LogP contribution in [-0.4, -0.2) is 101 Å². The summed E-state index contributed by atoms with van der Waals surface area (Å²) in [7, 11) is 2.68. The van der Waals surface area contributed by atoms with Crippen LogP contribution in [0, 0.1) is 11.8 Å². The first kappa shape index (κ1) is 40.0. The van der Waals surface area contributed by atoms with Gasteiger partial charge in [0.15, 0.2) is 0 Å². The summed E-state index contributed by atoms with van der Waals surface area (Å²) < 4.78 is 21.9. The molecule has 4 atom stereocenters. The molecule has 4 rings (SSSR count). The fraction of sp³-hybridized carbons (Fsp3) is 0.567. The van der Waals surface area contributed by atoms with Gasteiger partial charge in [0.2, 0.25) is 0 Å². The van der Waals surface area contributed by atoms with E-state index in [9.17, 15) is 14.4 Å². The number of halogens is 2. The van der Waals surface area contributed by atoms with Crippen LogP contribution in [0.15, 0.2) is 45.9 Å². The third-order valence-corrected chi connectivity index (χ3v) is 7.18. The molecule has 15 heteroatoms. The molecule has 1 amide bonds. The number of hydrogen-bond donors (Lipinski definition) is 3.